The van der Waals surface area contributed by atoms with Gasteiger partial charge in [0.15, 0.2) is 5.17 Å². The lowest BCUT2D eigenvalue weighted by atomic mass is 10.5. The molecule has 0 aromatic rings. The van der Waals surface area contributed by atoms with Crippen LogP contribution in [0.2, 0.25) is 0 Å². The quantitative estimate of drug-likeness (QED) is 0.277. The van der Waals surface area contributed by atoms with Crippen LogP contribution in [0, 0.1) is 23.8 Å². The standard InChI is InChI=1S/C8H11N3S/c1-4-6-11(5-2)8(12-3)10-7-9/h1H,5-6H2,2-3H3. The highest BCUT2D eigenvalue weighted by Gasteiger charge is 2.05. The van der Waals surface area contributed by atoms with Crippen molar-refractivity contribution in [2.75, 3.05) is 19.3 Å². The molecule has 0 N–H and O–H groups in total. The molecule has 0 aliphatic carbocycles. The molecule has 0 saturated carbocycles. The molecule has 0 bridgehead atoms. The van der Waals surface area contributed by atoms with Gasteiger partial charge in [-0.1, -0.05) is 17.7 Å². The van der Waals surface area contributed by atoms with Gasteiger partial charge in [0.25, 0.3) is 0 Å². The zero-order chi connectivity index (χ0) is 9.40. The maximum Gasteiger partial charge on any atom is 0.208 e. The van der Waals surface area contributed by atoms with Crippen LogP contribution < -0.4 is 0 Å². The summed E-state index contributed by atoms with van der Waals surface area (Å²) in [6, 6.07) is 0. The van der Waals surface area contributed by atoms with Crippen LogP contribution in [0.3, 0.4) is 0 Å². The van der Waals surface area contributed by atoms with Gasteiger partial charge >= 0.3 is 0 Å². The van der Waals surface area contributed by atoms with Gasteiger partial charge in [-0.05, 0) is 13.2 Å². The van der Waals surface area contributed by atoms with Gasteiger partial charge in [0.1, 0.15) is 0 Å². The molecule has 0 fully saturated rings. The summed E-state index contributed by atoms with van der Waals surface area (Å²) in [6.45, 7) is 3.24. The molecule has 0 aliphatic heterocycles. The predicted octanol–water partition coefficient (Wildman–Crippen LogP) is 1.14. The number of thioether (sulfide) groups is 1. The fourth-order valence-corrected chi connectivity index (χ4v) is 1.30. The molecule has 0 amide bonds. The van der Waals surface area contributed by atoms with Crippen LogP contribution in [0.5, 0.6) is 0 Å². The van der Waals surface area contributed by atoms with Crippen molar-refractivity contribution in [1.29, 1.82) is 5.26 Å². The molecule has 0 atom stereocenters. The minimum Gasteiger partial charge on any atom is -0.340 e. The van der Waals surface area contributed by atoms with Gasteiger partial charge in [-0.15, -0.1) is 11.4 Å². The molecule has 4 heteroatoms. The maximum absolute atomic E-state index is 8.35. The number of amidine groups is 1. The molecule has 0 aromatic heterocycles. The Kier molecular flexibility index (Phi) is 5.95. The Morgan fingerprint density at radius 1 is 1.75 bits per heavy atom. The number of hydrogen-bond donors (Lipinski definition) is 0. The van der Waals surface area contributed by atoms with Crippen LogP contribution in [0.15, 0.2) is 4.99 Å². The number of nitriles is 1. The normalized spacial score (nSPS) is 10.2. The van der Waals surface area contributed by atoms with Crippen LogP contribution >= 0.6 is 11.8 Å². The summed E-state index contributed by atoms with van der Waals surface area (Å²) < 4.78 is 0. The van der Waals surface area contributed by atoms with Crippen LogP contribution in [0.25, 0.3) is 0 Å². The van der Waals surface area contributed by atoms with Crippen molar-refractivity contribution in [3.63, 3.8) is 0 Å². The Morgan fingerprint density at radius 3 is 2.75 bits per heavy atom. The molecule has 0 heterocycles. The van der Waals surface area contributed by atoms with E-state index in [0.29, 0.717) is 11.7 Å². The number of hydrogen-bond acceptors (Lipinski definition) is 3. The second kappa shape index (κ2) is 6.57. The first-order chi connectivity index (χ1) is 5.79. The van der Waals surface area contributed by atoms with Crippen molar-refractivity contribution in [1.82, 2.24) is 4.90 Å². The first kappa shape index (κ1) is 10.9. The highest BCUT2D eigenvalue weighted by molar-refractivity contribution is 8.13. The largest absolute Gasteiger partial charge is 0.340 e. The molecule has 0 rings (SSSR count). The first-order valence-electron chi connectivity index (χ1n) is 3.49. The smallest absolute Gasteiger partial charge is 0.208 e. The molecule has 64 valence electrons. The number of rotatable bonds is 2. The molecule has 0 spiro atoms. The minimum absolute atomic E-state index is 0.498. The molecular weight excluding hydrogens is 170 g/mol. The van der Waals surface area contributed by atoms with E-state index in [1.807, 2.05) is 18.1 Å². The fraction of sp³-hybridized carbons (Fsp3) is 0.500. The van der Waals surface area contributed by atoms with E-state index in [2.05, 4.69) is 10.9 Å². The van der Waals surface area contributed by atoms with Crippen LogP contribution in [-0.4, -0.2) is 29.4 Å². The average molecular weight is 181 g/mol. The molecule has 0 aromatic carbocycles. The third-order valence-corrected chi connectivity index (χ3v) is 1.98. The summed E-state index contributed by atoms with van der Waals surface area (Å²) in [4.78, 5) is 5.52. The second-order valence-corrected chi connectivity index (χ2v) is 2.69. The minimum atomic E-state index is 0.498. The maximum atomic E-state index is 8.35. The molecule has 0 unspecified atom stereocenters. The molecule has 12 heavy (non-hydrogen) atoms. The summed E-state index contributed by atoms with van der Waals surface area (Å²) in [5.41, 5.74) is 0. The third kappa shape index (κ3) is 3.32. The third-order valence-electron chi connectivity index (χ3n) is 1.26. The van der Waals surface area contributed by atoms with Gasteiger partial charge in [0.2, 0.25) is 6.19 Å². The van der Waals surface area contributed by atoms with Crippen LogP contribution in [0.1, 0.15) is 6.92 Å². The van der Waals surface area contributed by atoms with Gasteiger partial charge in [-0.25, -0.2) is 0 Å². The van der Waals surface area contributed by atoms with Gasteiger partial charge in [0, 0.05) is 6.54 Å². The monoisotopic (exact) mass is 181 g/mol. The first-order valence-corrected chi connectivity index (χ1v) is 4.71. The van der Waals surface area contributed by atoms with E-state index >= 15 is 0 Å². The van der Waals surface area contributed by atoms with E-state index in [9.17, 15) is 0 Å². The topological polar surface area (TPSA) is 39.4 Å². The lowest BCUT2D eigenvalue weighted by Gasteiger charge is -2.18. The molecule has 0 saturated heterocycles. The summed E-state index contributed by atoms with van der Waals surface area (Å²) in [7, 11) is 0. The van der Waals surface area contributed by atoms with Crippen molar-refractivity contribution >= 4 is 16.9 Å². The highest BCUT2D eigenvalue weighted by atomic mass is 32.2. The number of nitrogens with zero attached hydrogens (tertiary/aromatic N) is 3. The van der Waals surface area contributed by atoms with E-state index in [1.165, 1.54) is 11.8 Å². The summed E-state index contributed by atoms with van der Waals surface area (Å²) in [5, 5.41) is 9.03. The van der Waals surface area contributed by atoms with Gasteiger partial charge < -0.3 is 4.90 Å². The Bertz CT molecular complexity index is 234. The zero-order valence-corrected chi connectivity index (χ0v) is 8.06. The Balaban J connectivity index is 4.38. The second-order valence-electron chi connectivity index (χ2n) is 1.92. The van der Waals surface area contributed by atoms with Crippen molar-refractivity contribution in [2.24, 2.45) is 4.99 Å². The van der Waals surface area contributed by atoms with Crippen LogP contribution in [0.4, 0.5) is 0 Å². The summed E-state index contributed by atoms with van der Waals surface area (Å²) in [6.07, 6.45) is 8.77. The highest BCUT2D eigenvalue weighted by Crippen LogP contribution is 2.03. The van der Waals surface area contributed by atoms with Crippen LogP contribution in [-0.2, 0) is 0 Å². The van der Waals surface area contributed by atoms with Gasteiger partial charge in [-0.2, -0.15) is 5.26 Å². The Hall–Kier alpha value is -1.13. The summed E-state index contributed by atoms with van der Waals surface area (Å²) in [5.74, 6) is 2.51. The number of terminal acetylenes is 1. The Morgan fingerprint density at radius 2 is 2.42 bits per heavy atom. The summed E-state index contributed by atoms with van der Waals surface area (Å²) >= 11 is 1.42. The van der Waals surface area contributed by atoms with Gasteiger partial charge in [-0.3, -0.25) is 0 Å². The fourth-order valence-electron chi connectivity index (χ4n) is 0.713. The van der Waals surface area contributed by atoms with E-state index < -0.39 is 0 Å². The average Bonchev–Trinajstić information content (AvgIpc) is 2.11. The predicted molar refractivity (Wildman–Crippen MR) is 52.6 cm³/mol. The van der Waals surface area contributed by atoms with E-state index in [-0.39, 0.29) is 0 Å². The van der Waals surface area contributed by atoms with Gasteiger partial charge in [0.05, 0.1) is 6.54 Å². The van der Waals surface area contributed by atoms with Crippen molar-refractivity contribution < 1.29 is 0 Å². The molecular formula is C8H11N3S. The van der Waals surface area contributed by atoms with E-state index in [0.717, 1.165) is 6.54 Å². The lowest BCUT2D eigenvalue weighted by Crippen LogP contribution is -2.28. The zero-order valence-electron chi connectivity index (χ0n) is 7.24. The van der Waals surface area contributed by atoms with Crippen molar-refractivity contribution in [3.8, 4) is 18.5 Å². The van der Waals surface area contributed by atoms with E-state index in [4.69, 9.17) is 11.7 Å². The van der Waals surface area contributed by atoms with E-state index in [1.54, 1.807) is 6.19 Å². The van der Waals surface area contributed by atoms with Crippen molar-refractivity contribution in [2.45, 2.75) is 6.92 Å². The Labute approximate surface area is 77.5 Å². The molecule has 0 aliphatic rings. The molecule has 3 nitrogen and oxygen atoms in total. The number of aliphatic imine (C=N–C) groups is 1. The van der Waals surface area contributed by atoms with Crippen molar-refractivity contribution in [3.05, 3.63) is 0 Å². The SMILES string of the molecule is C#CCN(CC)C(=NC#N)SC. The lowest BCUT2D eigenvalue weighted by molar-refractivity contribution is 0.506. The molecule has 0 radical (unpaired) electrons.